The molecule has 0 aromatic carbocycles. The van der Waals surface area contributed by atoms with E-state index in [4.69, 9.17) is 4.74 Å². The third-order valence-corrected chi connectivity index (χ3v) is 3.42. The van der Waals surface area contributed by atoms with Crippen molar-refractivity contribution in [2.75, 3.05) is 7.11 Å². The predicted octanol–water partition coefficient (Wildman–Crippen LogP) is 2.03. The van der Waals surface area contributed by atoms with E-state index >= 15 is 0 Å². The molecule has 0 aromatic heterocycles. The summed E-state index contributed by atoms with van der Waals surface area (Å²) in [6.07, 6.45) is 1.97. The van der Waals surface area contributed by atoms with Gasteiger partial charge in [-0.15, -0.1) is 0 Å². The molecule has 1 aliphatic carbocycles. The van der Waals surface area contributed by atoms with Crippen molar-refractivity contribution in [2.24, 2.45) is 11.3 Å². The summed E-state index contributed by atoms with van der Waals surface area (Å²) in [5, 5.41) is 0. The summed E-state index contributed by atoms with van der Waals surface area (Å²) in [6, 6.07) is 0. The molecule has 0 bridgehead atoms. The van der Waals surface area contributed by atoms with Gasteiger partial charge in [0.2, 0.25) is 0 Å². The molecular formula is C10H18O2. The second-order valence-corrected chi connectivity index (χ2v) is 3.67. The number of ether oxygens (including phenoxy) is 1. The highest BCUT2D eigenvalue weighted by molar-refractivity contribution is 5.94. The molecule has 1 aliphatic rings. The Morgan fingerprint density at radius 2 is 1.92 bits per heavy atom. The van der Waals surface area contributed by atoms with E-state index in [-0.39, 0.29) is 17.4 Å². The fourth-order valence-electron chi connectivity index (χ4n) is 2.54. The number of Topliss-reactive ketones (excluding diaryl/α,β-unsaturated/α-hetero) is 1. The number of carbonyl (C=O) groups excluding carboxylic acids is 1. The van der Waals surface area contributed by atoms with Gasteiger partial charge in [0.15, 0.2) is 0 Å². The molecule has 0 radical (unpaired) electrons. The standard InChI is InChI=1S/C10H18O2/c1-5-10(6-2)8(11)7(3)9(10)12-4/h7,9H,5-6H2,1-4H3/t7-,9-/m1/s1. The maximum Gasteiger partial charge on any atom is 0.147 e. The Labute approximate surface area is 74.3 Å². The van der Waals surface area contributed by atoms with Gasteiger partial charge in [-0.3, -0.25) is 4.79 Å². The average Bonchev–Trinajstić information content (AvgIpc) is 2.12. The molecule has 12 heavy (non-hydrogen) atoms. The van der Waals surface area contributed by atoms with Crippen molar-refractivity contribution >= 4 is 5.78 Å². The summed E-state index contributed by atoms with van der Waals surface area (Å²) in [6.45, 7) is 6.10. The molecule has 0 unspecified atom stereocenters. The van der Waals surface area contributed by atoms with E-state index in [1.807, 2.05) is 6.92 Å². The molecule has 0 aromatic rings. The van der Waals surface area contributed by atoms with Crippen LogP contribution in [-0.4, -0.2) is 19.0 Å². The van der Waals surface area contributed by atoms with Gasteiger partial charge < -0.3 is 4.74 Å². The Hall–Kier alpha value is -0.370. The minimum atomic E-state index is -0.159. The lowest BCUT2D eigenvalue weighted by molar-refractivity contribution is -0.175. The van der Waals surface area contributed by atoms with Crippen molar-refractivity contribution in [1.29, 1.82) is 0 Å². The van der Waals surface area contributed by atoms with Crippen molar-refractivity contribution in [3.8, 4) is 0 Å². The van der Waals surface area contributed by atoms with E-state index in [2.05, 4.69) is 13.8 Å². The minimum absolute atomic E-state index is 0.106. The first-order valence-corrected chi connectivity index (χ1v) is 4.71. The SMILES string of the molecule is CCC1(CC)C(=O)[C@@H](C)[C@H]1OC. The second-order valence-electron chi connectivity index (χ2n) is 3.67. The van der Waals surface area contributed by atoms with E-state index in [9.17, 15) is 4.79 Å². The molecule has 2 nitrogen and oxygen atoms in total. The van der Waals surface area contributed by atoms with E-state index in [0.29, 0.717) is 5.78 Å². The van der Waals surface area contributed by atoms with Crippen LogP contribution < -0.4 is 0 Å². The number of methoxy groups -OCH3 is 1. The fraction of sp³-hybridized carbons (Fsp3) is 0.900. The Bertz CT molecular complexity index is 182. The first kappa shape index (κ1) is 9.72. The average molecular weight is 170 g/mol. The minimum Gasteiger partial charge on any atom is -0.380 e. The van der Waals surface area contributed by atoms with Crippen LogP contribution in [0.3, 0.4) is 0 Å². The zero-order valence-corrected chi connectivity index (χ0v) is 8.39. The smallest absolute Gasteiger partial charge is 0.147 e. The summed E-state index contributed by atoms with van der Waals surface area (Å²) >= 11 is 0. The zero-order valence-electron chi connectivity index (χ0n) is 8.39. The van der Waals surface area contributed by atoms with Crippen LogP contribution in [0, 0.1) is 11.3 Å². The number of hydrogen-bond donors (Lipinski definition) is 0. The molecule has 0 aliphatic heterocycles. The number of hydrogen-bond acceptors (Lipinski definition) is 2. The van der Waals surface area contributed by atoms with Gasteiger partial charge in [0.1, 0.15) is 5.78 Å². The molecule has 0 saturated heterocycles. The van der Waals surface area contributed by atoms with Gasteiger partial charge in [-0.25, -0.2) is 0 Å². The predicted molar refractivity (Wildman–Crippen MR) is 48.0 cm³/mol. The van der Waals surface area contributed by atoms with E-state index in [1.54, 1.807) is 7.11 Å². The van der Waals surface area contributed by atoms with Crippen LogP contribution in [0.4, 0.5) is 0 Å². The first-order valence-electron chi connectivity index (χ1n) is 4.71. The van der Waals surface area contributed by atoms with Crippen molar-refractivity contribution < 1.29 is 9.53 Å². The van der Waals surface area contributed by atoms with Crippen LogP contribution in [0.1, 0.15) is 33.6 Å². The quantitative estimate of drug-likeness (QED) is 0.647. The summed E-state index contributed by atoms with van der Waals surface area (Å²) in [5.41, 5.74) is -0.159. The van der Waals surface area contributed by atoms with Crippen LogP contribution in [0.25, 0.3) is 0 Å². The third kappa shape index (κ3) is 0.939. The van der Waals surface area contributed by atoms with Gasteiger partial charge in [0.25, 0.3) is 0 Å². The van der Waals surface area contributed by atoms with Gasteiger partial charge >= 0.3 is 0 Å². The summed E-state index contributed by atoms with van der Waals surface area (Å²) < 4.78 is 5.35. The van der Waals surface area contributed by atoms with Gasteiger partial charge in [0, 0.05) is 13.0 Å². The number of rotatable bonds is 3. The molecule has 0 heterocycles. The lowest BCUT2D eigenvalue weighted by atomic mass is 9.56. The molecule has 0 N–H and O–H groups in total. The third-order valence-electron chi connectivity index (χ3n) is 3.42. The van der Waals surface area contributed by atoms with Crippen molar-refractivity contribution in [2.45, 2.75) is 39.7 Å². The summed E-state index contributed by atoms with van der Waals surface area (Å²) in [4.78, 5) is 11.6. The number of carbonyl (C=O) groups is 1. The van der Waals surface area contributed by atoms with Gasteiger partial charge in [-0.05, 0) is 12.8 Å². The topological polar surface area (TPSA) is 26.3 Å². The Morgan fingerprint density at radius 3 is 2.17 bits per heavy atom. The highest BCUT2D eigenvalue weighted by atomic mass is 16.5. The maximum atomic E-state index is 11.6. The molecule has 1 fully saturated rings. The molecule has 2 heteroatoms. The zero-order chi connectivity index (χ0) is 9.35. The molecular weight excluding hydrogens is 152 g/mol. The van der Waals surface area contributed by atoms with E-state index in [0.717, 1.165) is 12.8 Å². The largest absolute Gasteiger partial charge is 0.380 e. The molecule has 0 amide bonds. The van der Waals surface area contributed by atoms with Crippen LogP contribution in [0.15, 0.2) is 0 Å². The maximum absolute atomic E-state index is 11.6. The Kier molecular flexibility index (Phi) is 2.57. The van der Waals surface area contributed by atoms with Gasteiger partial charge in [-0.1, -0.05) is 20.8 Å². The second kappa shape index (κ2) is 3.17. The number of ketones is 1. The molecule has 1 rings (SSSR count). The highest BCUT2D eigenvalue weighted by Crippen LogP contribution is 2.48. The van der Waals surface area contributed by atoms with Crippen LogP contribution in [0.2, 0.25) is 0 Å². The molecule has 2 atom stereocenters. The van der Waals surface area contributed by atoms with Crippen molar-refractivity contribution in [3.05, 3.63) is 0 Å². The van der Waals surface area contributed by atoms with Crippen LogP contribution in [-0.2, 0) is 9.53 Å². The van der Waals surface area contributed by atoms with E-state index in [1.165, 1.54) is 0 Å². The fourth-order valence-corrected chi connectivity index (χ4v) is 2.54. The monoisotopic (exact) mass is 170 g/mol. The van der Waals surface area contributed by atoms with Crippen molar-refractivity contribution in [1.82, 2.24) is 0 Å². The van der Waals surface area contributed by atoms with Crippen LogP contribution in [0.5, 0.6) is 0 Å². The molecule has 0 spiro atoms. The summed E-state index contributed by atoms with van der Waals surface area (Å²) in [5.74, 6) is 0.495. The first-order chi connectivity index (χ1) is 5.64. The Balaban J connectivity index is 2.81. The lowest BCUT2D eigenvalue weighted by Gasteiger charge is -2.50. The van der Waals surface area contributed by atoms with Crippen LogP contribution >= 0.6 is 0 Å². The van der Waals surface area contributed by atoms with Crippen molar-refractivity contribution in [3.63, 3.8) is 0 Å². The van der Waals surface area contributed by atoms with Gasteiger partial charge in [0.05, 0.1) is 11.5 Å². The van der Waals surface area contributed by atoms with Gasteiger partial charge in [-0.2, -0.15) is 0 Å². The van der Waals surface area contributed by atoms with E-state index < -0.39 is 0 Å². The molecule has 70 valence electrons. The summed E-state index contributed by atoms with van der Waals surface area (Å²) in [7, 11) is 1.70. The normalized spacial score (nSPS) is 33.2. The lowest BCUT2D eigenvalue weighted by Crippen LogP contribution is -2.60. The molecule has 1 saturated carbocycles. The highest BCUT2D eigenvalue weighted by Gasteiger charge is 2.57. The Morgan fingerprint density at radius 1 is 1.42 bits per heavy atom.